The van der Waals surface area contributed by atoms with E-state index in [1.54, 1.807) is 7.05 Å². The molecule has 2 aliphatic rings. The molecular weight excluding hydrogens is 178 g/mol. The van der Waals surface area contributed by atoms with Crippen LogP contribution in [0.3, 0.4) is 0 Å². The highest BCUT2D eigenvalue weighted by molar-refractivity contribution is 5.79. The maximum Gasteiger partial charge on any atom is 0.225 e. The van der Waals surface area contributed by atoms with E-state index in [2.05, 4.69) is 15.5 Å². The van der Waals surface area contributed by atoms with E-state index in [9.17, 15) is 4.79 Å². The van der Waals surface area contributed by atoms with Gasteiger partial charge in [0.15, 0.2) is 0 Å². The molecule has 2 fully saturated rings. The Morgan fingerprint density at radius 2 is 2.36 bits per heavy atom. The summed E-state index contributed by atoms with van der Waals surface area (Å²) in [5.74, 6) is 0.432. The summed E-state index contributed by atoms with van der Waals surface area (Å²) in [6.07, 6.45) is 2.60. The Labute approximate surface area is 85.0 Å². The van der Waals surface area contributed by atoms with Crippen molar-refractivity contribution >= 4 is 5.91 Å². The van der Waals surface area contributed by atoms with Crippen molar-refractivity contribution in [3.63, 3.8) is 0 Å². The van der Waals surface area contributed by atoms with Crippen LogP contribution in [0.5, 0.6) is 0 Å². The fourth-order valence-corrected chi connectivity index (χ4v) is 2.31. The zero-order valence-electron chi connectivity index (χ0n) is 8.75. The normalized spacial score (nSPS) is 28.8. The SMILES string of the molecule is CNC(=O)C1CN(CC2CCCN2)C1. The molecule has 1 unspecified atom stereocenters. The fraction of sp³-hybridized carbons (Fsp3) is 0.900. The molecule has 14 heavy (non-hydrogen) atoms. The molecule has 1 amide bonds. The lowest BCUT2D eigenvalue weighted by molar-refractivity contribution is -0.129. The van der Waals surface area contributed by atoms with Crippen LogP contribution in [0, 0.1) is 5.92 Å². The van der Waals surface area contributed by atoms with Crippen LogP contribution in [0.1, 0.15) is 12.8 Å². The van der Waals surface area contributed by atoms with Crippen molar-refractivity contribution < 1.29 is 4.79 Å². The van der Waals surface area contributed by atoms with Crippen LogP contribution >= 0.6 is 0 Å². The topological polar surface area (TPSA) is 44.4 Å². The van der Waals surface area contributed by atoms with Gasteiger partial charge in [0, 0.05) is 32.7 Å². The van der Waals surface area contributed by atoms with Gasteiger partial charge in [-0.3, -0.25) is 4.79 Å². The number of amides is 1. The molecule has 4 heteroatoms. The minimum atomic E-state index is 0.195. The first-order chi connectivity index (χ1) is 6.79. The second-order valence-electron chi connectivity index (χ2n) is 4.32. The van der Waals surface area contributed by atoms with E-state index in [0.717, 1.165) is 26.2 Å². The standard InChI is InChI=1S/C10H19N3O/c1-11-10(14)8-5-13(6-8)7-9-3-2-4-12-9/h8-9,12H,2-7H2,1H3,(H,11,14). The van der Waals surface area contributed by atoms with Gasteiger partial charge in [-0.25, -0.2) is 0 Å². The Balaban J connectivity index is 1.65. The molecule has 2 N–H and O–H groups in total. The molecule has 4 nitrogen and oxygen atoms in total. The van der Waals surface area contributed by atoms with Gasteiger partial charge in [0.2, 0.25) is 5.91 Å². The van der Waals surface area contributed by atoms with Crippen molar-refractivity contribution in [2.75, 3.05) is 33.2 Å². The van der Waals surface area contributed by atoms with Crippen molar-refractivity contribution in [2.45, 2.75) is 18.9 Å². The zero-order chi connectivity index (χ0) is 9.97. The van der Waals surface area contributed by atoms with Gasteiger partial charge < -0.3 is 15.5 Å². The maximum atomic E-state index is 11.2. The van der Waals surface area contributed by atoms with Gasteiger partial charge in [-0.2, -0.15) is 0 Å². The molecule has 0 saturated carbocycles. The molecule has 2 heterocycles. The minimum absolute atomic E-state index is 0.195. The summed E-state index contributed by atoms with van der Waals surface area (Å²) in [4.78, 5) is 13.6. The van der Waals surface area contributed by atoms with Crippen LogP contribution in [-0.4, -0.2) is 50.1 Å². The average Bonchev–Trinajstić information content (AvgIpc) is 2.61. The first kappa shape index (κ1) is 9.93. The number of rotatable bonds is 3. The van der Waals surface area contributed by atoms with E-state index in [0.29, 0.717) is 6.04 Å². The smallest absolute Gasteiger partial charge is 0.225 e. The fourth-order valence-electron chi connectivity index (χ4n) is 2.31. The summed E-state index contributed by atoms with van der Waals surface area (Å²) >= 11 is 0. The number of nitrogens with one attached hydrogen (secondary N) is 2. The summed E-state index contributed by atoms with van der Waals surface area (Å²) in [5.41, 5.74) is 0. The van der Waals surface area contributed by atoms with Gasteiger partial charge in [0.1, 0.15) is 0 Å². The first-order valence-corrected chi connectivity index (χ1v) is 5.47. The Morgan fingerprint density at radius 1 is 1.57 bits per heavy atom. The van der Waals surface area contributed by atoms with Crippen LogP contribution in [0.4, 0.5) is 0 Å². The second-order valence-corrected chi connectivity index (χ2v) is 4.32. The molecule has 0 bridgehead atoms. The Morgan fingerprint density at radius 3 is 2.93 bits per heavy atom. The Hall–Kier alpha value is -0.610. The minimum Gasteiger partial charge on any atom is -0.359 e. The van der Waals surface area contributed by atoms with Crippen LogP contribution in [-0.2, 0) is 4.79 Å². The molecule has 2 aliphatic heterocycles. The quantitative estimate of drug-likeness (QED) is 0.636. The average molecular weight is 197 g/mol. The van der Waals surface area contributed by atoms with Gasteiger partial charge in [-0.1, -0.05) is 0 Å². The molecule has 0 aromatic rings. The summed E-state index contributed by atoms with van der Waals surface area (Å²) in [6, 6.07) is 0.667. The van der Waals surface area contributed by atoms with Crippen molar-refractivity contribution in [2.24, 2.45) is 5.92 Å². The molecule has 1 atom stereocenters. The largest absolute Gasteiger partial charge is 0.359 e. The molecule has 0 spiro atoms. The number of carbonyl (C=O) groups is 1. The highest BCUT2D eigenvalue weighted by atomic mass is 16.1. The van der Waals surface area contributed by atoms with E-state index in [-0.39, 0.29) is 11.8 Å². The van der Waals surface area contributed by atoms with E-state index in [1.807, 2.05) is 0 Å². The number of carbonyl (C=O) groups excluding carboxylic acids is 1. The molecule has 0 aliphatic carbocycles. The van der Waals surface area contributed by atoms with Gasteiger partial charge in [0.05, 0.1) is 5.92 Å². The highest BCUT2D eigenvalue weighted by Crippen LogP contribution is 2.17. The third-order valence-electron chi connectivity index (χ3n) is 3.22. The van der Waals surface area contributed by atoms with Crippen molar-refractivity contribution in [1.29, 1.82) is 0 Å². The summed E-state index contributed by atoms with van der Waals surface area (Å²) in [7, 11) is 1.71. The van der Waals surface area contributed by atoms with E-state index < -0.39 is 0 Å². The predicted molar refractivity (Wildman–Crippen MR) is 55.0 cm³/mol. The molecule has 0 aromatic heterocycles. The lowest BCUT2D eigenvalue weighted by atomic mass is 9.98. The maximum absolute atomic E-state index is 11.2. The predicted octanol–water partition coefficient (Wildman–Crippen LogP) is -0.584. The Kier molecular flexibility index (Phi) is 3.03. The van der Waals surface area contributed by atoms with Gasteiger partial charge in [0.25, 0.3) is 0 Å². The lowest BCUT2D eigenvalue weighted by Gasteiger charge is -2.39. The van der Waals surface area contributed by atoms with Crippen LogP contribution in [0.15, 0.2) is 0 Å². The van der Waals surface area contributed by atoms with E-state index in [4.69, 9.17) is 0 Å². The summed E-state index contributed by atoms with van der Waals surface area (Å²) < 4.78 is 0. The van der Waals surface area contributed by atoms with Crippen LogP contribution in [0.25, 0.3) is 0 Å². The van der Waals surface area contributed by atoms with Crippen molar-refractivity contribution in [3.05, 3.63) is 0 Å². The summed E-state index contributed by atoms with van der Waals surface area (Å²) in [5, 5.41) is 6.17. The van der Waals surface area contributed by atoms with Crippen LogP contribution in [0.2, 0.25) is 0 Å². The third kappa shape index (κ3) is 2.07. The monoisotopic (exact) mass is 197 g/mol. The number of hydrogen-bond donors (Lipinski definition) is 2. The summed E-state index contributed by atoms with van der Waals surface area (Å²) in [6.45, 7) is 4.17. The Bertz CT molecular complexity index is 207. The van der Waals surface area contributed by atoms with E-state index in [1.165, 1.54) is 12.8 Å². The highest BCUT2D eigenvalue weighted by Gasteiger charge is 2.33. The van der Waals surface area contributed by atoms with Gasteiger partial charge in [-0.15, -0.1) is 0 Å². The lowest BCUT2D eigenvalue weighted by Crippen LogP contribution is -2.55. The number of nitrogens with zero attached hydrogens (tertiary/aromatic N) is 1. The molecule has 80 valence electrons. The number of hydrogen-bond acceptors (Lipinski definition) is 3. The van der Waals surface area contributed by atoms with Crippen molar-refractivity contribution in [3.8, 4) is 0 Å². The van der Waals surface area contributed by atoms with Crippen molar-refractivity contribution in [1.82, 2.24) is 15.5 Å². The second kappa shape index (κ2) is 4.28. The molecule has 2 saturated heterocycles. The molecule has 0 aromatic carbocycles. The molecular formula is C10H19N3O. The van der Waals surface area contributed by atoms with E-state index >= 15 is 0 Å². The van der Waals surface area contributed by atoms with Crippen LogP contribution < -0.4 is 10.6 Å². The molecule has 2 rings (SSSR count). The zero-order valence-corrected chi connectivity index (χ0v) is 8.75. The molecule has 0 radical (unpaired) electrons. The number of likely N-dealkylation sites (tertiary alicyclic amines) is 1. The van der Waals surface area contributed by atoms with Gasteiger partial charge in [-0.05, 0) is 19.4 Å². The van der Waals surface area contributed by atoms with Gasteiger partial charge >= 0.3 is 0 Å². The third-order valence-corrected chi connectivity index (χ3v) is 3.22. The first-order valence-electron chi connectivity index (χ1n) is 5.47.